The van der Waals surface area contributed by atoms with Crippen LogP contribution < -0.4 is 9.47 Å². The van der Waals surface area contributed by atoms with Crippen LogP contribution in [0.5, 0.6) is 11.5 Å². The van der Waals surface area contributed by atoms with Gasteiger partial charge < -0.3 is 14.6 Å². The predicted molar refractivity (Wildman–Crippen MR) is 82.0 cm³/mol. The molecule has 0 unspecified atom stereocenters. The third-order valence-electron chi connectivity index (χ3n) is 2.90. The molecule has 5 heteroatoms. The molecule has 0 atom stereocenters. The van der Waals surface area contributed by atoms with Gasteiger partial charge in [0.1, 0.15) is 12.4 Å². The van der Waals surface area contributed by atoms with Gasteiger partial charge in [-0.1, -0.05) is 18.2 Å². The van der Waals surface area contributed by atoms with Gasteiger partial charge in [0.2, 0.25) is 0 Å². The Kier molecular flexibility index (Phi) is 5.59. The number of aliphatic hydroxyl groups excluding tert-OH is 1. The lowest BCUT2D eigenvalue weighted by atomic mass is 10.2. The molecule has 3 nitrogen and oxygen atoms in total. The lowest BCUT2D eigenvalue weighted by molar-refractivity contribution is 0.243. The Morgan fingerprint density at radius 2 is 2.00 bits per heavy atom. The number of halogens is 2. The molecule has 0 aliphatic carbocycles. The van der Waals surface area contributed by atoms with E-state index in [1.165, 1.54) is 6.07 Å². The SMILES string of the molecule is CCOc1cccc(CO)c1OCc1ccc(F)c(Br)c1. The van der Waals surface area contributed by atoms with Gasteiger partial charge in [0.25, 0.3) is 0 Å². The van der Waals surface area contributed by atoms with Gasteiger partial charge >= 0.3 is 0 Å². The average molecular weight is 355 g/mol. The molecule has 2 rings (SSSR count). The van der Waals surface area contributed by atoms with Crippen molar-refractivity contribution < 1.29 is 19.0 Å². The molecule has 1 N–H and O–H groups in total. The normalized spacial score (nSPS) is 10.5. The van der Waals surface area contributed by atoms with Crippen molar-refractivity contribution in [3.05, 3.63) is 57.8 Å². The topological polar surface area (TPSA) is 38.7 Å². The molecule has 0 fully saturated rings. The van der Waals surface area contributed by atoms with Gasteiger partial charge in [-0.15, -0.1) is 0 Å². The average Bonchev–Trinajstić information content (AvgIpc) is 2.49. The van der Waals surface area contributed by atoms with E-state index in [0.717, 1.165) is 5.56 Å². The standard InChI is InChI=1S/C16H16BrFO3/c1-2-20-15-5-3-4-12(9-19)16(15)21-10-11-6-7-14(18)13(17)8-11/h3-8,19H,2,9-10H2,1H3. The summed E-state index contributed by atoms with van der Waals surface area (Å²) in [5.41, 5.74) is 1.47. The first-order chi connectivity index (χ1) is 10.2. The summed E-state index contributed by atoms with van der Waals surface area (Å²) in [6.45, 7) is 2.51. The van der Waals surface area contributed by atoms with Crippen molar-refractivity contribution >= 4 is 15.9 Å². The Labute approximate surface area is 131 Å². The van der Waals surface area contributed by atoms with Crippen molar-refractivity contribution in [2.75, 3.05) is 6.61 Å². The third kappa shape index (κ3) is 3.95. The summed E-state index contributed by atoms with van der Waals surface area (Å²) in [5, 5.41) is 9.40. The van der Waals surface area contributed by atoms with E-state index < -0.39 is 0 Å². The van der Waals surface area contributed by atoms with Crippen molar-refractivity contribution in [2.45, 2.75) is 20.1 Å². The molecule has 0 aliphatic rings. The van der Waals surface area contributed by atoms with Crippen LogP contribution in [-0.2, 0) is 13.2 Å². The zero-order chi connectivity index (χ0) is 15.2. The van der Waals surface area contributed by atoms with Gasteiger partial charge in [0.15, 0.2) is 11.5 Å². The first-order valence-electron chi connectivity index (χ1n) is 6.58. The molecule has 0 aliphatic heterocycles. The van der Waals surface area contributed by atoms with Crippen molar-refractivity contribution in [2.24, 2.45) is 0 Å². The van der Waals surface area contributed by atoms with Crippen LogP contribution >= 0.6 is 15.9 Å². The van der Waals surface area contributed by atoms with Crippen LogP contribution in [0.3, 0.4) is 0 Å². The molecule has 0 aromatic heterocycles. The Bertz CT molecular complexity index is 616. The third-order valence-corrected chi connectivity index (χ3v) is 3.51. The van der Waals surface area contributed by atoms with Crippen molar-refractivity contribution in [1.82, 2.24) is 0 Å². The summed E-state index contributed by atoms with van der Waals surface area (Å²) in [4.78, 5) is 0. The summed E-state index contributed by atoms with van der Waals surface area (Å²) < 4.78 is 24.9. The number of ether oxygens (including phenoxy) is 2. The van der Waals surface area contributed by atoms with E-state index in [1.807, 2.05) is 6.92 Å². The van der Waals surface area contributed by atoms with Crippen molar-refractivity contribution in [3.63, 3.8) is 0 Å². The molecule has 0 saturated carbocycles. The zero-order valence-electron chi connectivity index (χ0n) is 11.6. The van der Waals surface area contributed by atoms with Crippen LogP contribution in [0, 0.1) is 5.82 Å². The Balaban J connectivity index is 2.20. The number of para-hydroxylation sites is 1. The van der Waals surface area contributed by atoms with Gasteiger partial charge in [-0.2, -0.15) is 0 Å². The van der Waals surface area contributed by atoms with Gasteiger partial charge in [-0.05, 0) is 46.6 Å². The van der Waals surface area contributed by atoms with Gasteiger partial charge in [0, 0.05) is 5.56 Å². The van der Waals surface area contributed by atoms with E-state index in [-0.39, 0.29) is 19.0 Å². The second-order valence-corrected chi connectivity index (χ2v) is 5.23. The number of hydrogen-bond donors (Lipinski definition) is 1. The van der Waals surface area contributed by atoms with Gasteiger partial charge in [-0.3, -0.25) is 0 Å². The summed E-state index contributed by atoms with van der Waals surface area (Å²) >= 11 is 3.14. The van der Waals surface area contributed by atoms with Gasteiger partial charge in [0.05, 0.1) is 17.7 Å². The quantitative estimate of drug-likeness (QED) is 0.850. The molecule has 0 heterocycles. The second kappa shape index (κ2) is 7.43. The minimum atomic E-state index is -0.315. The summed E-state index contributed by atoms with van der Waals surface area (Å²) in [6, 6.07) is 10.1. The molecule has 2 aromatic rings. The lowest BCUT2D eigenvalue weighted by Crippen LogP contribution is -2.03. The summed E-state index contributed by atoms with van der Waals surface area (Å²) in [5.74, 6) is 0.789. The van der Waals surface area contributed by atoms with E-state index in [0.29, 0.717) is 28.1 Å². The maximum atomic E-state index is 13.2. The number of hydrogen-bond acceptors (Lipinski definition) is 3. The first-order valence-corrected chi connectivity index (χ1v) is 7.37. The molecule has 2 aromatic carbocycles. The van der Waals surface area contributed by atoms with Crippen molar-refractivity contribution in [3.8, 4) is 11.5 Å². The highest BCUT2D eigenvalue weighted by Gasteiger charge is 2.11. The minimum absolute atomic E-state index is 0.136. The maximum absolute atomic E-state index is 13.2. The number of benzene rings is 2. The van der Waals surface area contributed by atoms with Crippen LogP contribution in [0.15, 0.2) is 40.9 Å². The van der Waals surface area contributed by atoms with Crippen LogP contribution in [0.1, 0.15) is 18.1 Å². The number of rotatable bonds is 6. The molecule has 0 amide bonds. The highest BCUT2D eigenvalue weighted by Crippen LogP contribution is 2.32. The second-order valence-electron chi connectivity index (χ2n) is 4.37. The maximum Gasteiger partial charge on any atom is 0.167 e. The van der Waals surface area contributed by atoms with E-state index in [9.17, 15) is 9.50 Å². The Hall–Kier alpha value is -1.59. The molecule has 112 valence electrons. The summed E-state index contributed by atoms with van der Waals surface area (Å²) in [6.07, 6.45) is 0. The fourth-order valence-corrected chi connectivity index (χ4v) is 2.33. The fraction of sp³-hybridized carbons (Fsp3) is 0.250. The zero-order valence-corrected chi connectivity index (χ0v) is 13.2. The molecular formula is C16H16BrFO3. The van der Waals surface area contributed by atoms with Crippen molar-refractivity contribution in [1.29, 1.82) is 0 Å². The van der Waals surface area contributed by atoms with Gasteiger partial charge in [-0.25, -0.2) is 4.39 Å². The Morgan fingerprint density at radius 1 is 1.19 bits per heavy atom. The highest BCUT2D eigenvalue weighted by atomic mass is 79.9. The predicted octanol–water partition coefficient (Wildman–Crippen LogP) is 4.06. The van der Waals surface area contributed by atoms with Crippen LogP contribution in [-0.4, -0.2) is 11.7 Å². The first kappa shape index (κ1) is 15.8. The highest BCUT2D eigenvalue weighted by molar-refractivity contribution is 9.10. The minimum Gasteiger partial charge on any atom is -0.490 e. The largest absolute Gasteiger partial charge is 0.490 e. The molecule has 0 saturated heterocycles. The lowest BCUT2D eigenvalue weighted by Gasteiger charge is -2.15. The number of aliphatic hydroxyl groups is 1. The molecule has 21 heavy (non-hydrogen) atoms. The fourth-order valence-electron chi connectivity index (χ4n) is 1.90. The van der Waals surface area contributed by atoms with E-state index in [2.05, 4.69) is 15.9 Å². The molecular weight excluding hydrogens is 339 g/mol. The smallest absolute Gasteiger partial charge is 0.167 e. The molecule has 0 bridgehead atoms. The summed E-state index contributed by atoms with van der Waals surface area (Å²) in [7, 11) is 0. The monoisotopic (exact) mass is 354 g/mol. The molecule has 0 spiro atoms. The molecule has 0 radical (unpaired) electrons. The Morgan fingerprint density at radius 3 is 2.67 bits per heavy atom. The van der Waals surface area contributed by atoms with Crippen LogP contribution in [0.25, 0.3) is 0 Å². The van der Waals surface area contributed by atoms with E-state index in [1.54, 1.807) is 30.3 Å². The van der Waals surface area contributed by atoms with E-state index in [4.69, 9.17) is 9.47 Å². The van der Waals surface area contributed by atoms with Crippen LogP contribution in [0.2, 0.25) is 0 Å². The van der Waals surface area contributed by atoms with E-state index >= 15 is 0 Å². The van der Waals surface area contributed by atoms with Crippen LogP contribution in [0.4, 0.5) is 4.39 Å².